The standard InChI is InChI=1S/C24H35F3N4O7S3/c1-40(34,35)30-9-7-29(8-10-30)22(32)18-11-17(16-3-2-4-19(12-16)38-23(33)24(25,26)27)14-31(15-18)41(36,37)21-6-5-20(13-28)39-21/h5-6,16-19H,2-4,7-15,28H2,1H3/t16?,17-,18+,19?/m1/s1. The smallest absolute Gasteiger partial charge is 0.456 e. The van der Waals surface area contributed by atoms with E-state index < -0.39 is 44.2 Å². The molecule has 1 aromatic heterocycles. The van der Waals surface area contributed by atoms with E-state index >= 15 is 0 Å². The van der Waals surface area contributed by atoms with Gasteiger partial charge in [-0.1, -0.05) is 0 Å². The van der Waals surface area contributed by atoms with E-state index in [2.05, 4.69) is 0 Å². The van der Waals surface area contributed by atoms with Gasteiger partial charge in [-0.05, 0) is 56.1 Å². The summed E-state index contributed by atoms with van der Waals surface area (Å²) in [4.78, 5) is 27.3. The Kier molecular flexibility index (Phi) is 9.75. The normalized spacial score (nSPS) is 27.5. The van der Waals surface area contributed by atoms with Crippen molar-refractivity contribution in [1.29, 1.82) is 0 Å². The number of nitrogens with two attached hydrogens (primary N) is 1. The summed E-state index contributed by atoms with van der Waals surface area (Å²) in [6.45, 7) is 0.785. The van der Waals surface area contributed by atoms with Crippen LogP contribution in [0, 0.1) is 17.8 Å². The lowest BCUT2D eigenvalue weighted by Crippen LogP contribution is -2.55. The van der Waals surface area contributed by atoms with Gasteiger partial charge in [0.25, 0.3) is 10.0 Å². The molecule has 2 aliphatic heterocycles. The van der Waals surface area contributed by atoms with E-state index in [4.69, 9.17) is 10.5 Å². The number of esters is 1. The van der Waals surface area contributed by atoms with Crippen molar-refractivity contribution >= 4 is 43.3 Å². The minimum Gasteiger partial charge on any atom is -0.456 e. The van der Waals surface area contributed by atoms with Gasteiger partial charge in [0.1, 0.15) is 10.3 Å². The molecular formula is C24H35F3N4O7S3. The molecule has 0 radical (unpaired) electrons. The molecule has 1 aromatic rings. The first-order chi connectivity index (χ1) is 19.1. The van der Waals surface area contributed by atoms with Crippen molar-refractivity contribution in [2.24, 2.45) is 23.5 Å². The Balaban J connectivity index is 1.54. The zero-order valence-corrected chi connectivity index (χ0v) is 25.0. The molecule has 1 amide bonds. The van der Waals surface area contributed by atoms with Gasteiger partial charge >= 0.3 is 12.1 Å². The summed E-state index contributed by atoms with van der Waals surface area (Å²) in [5.41, 5.74) is 5.66. The zero-order chi connectivity index (χ0) is 30.2. The number of thiophene rings is 1. The number of piperidine rings is 1. The molecule has 2 N–H and O–H groups in total. The molecule has 4 atom stereocenters. The van der Waals surface area contributed by atoms with Crippen molar-refractivity contribution in [1.82, 2.24) is 13.5 Å². The van der Waals surface area contributed by atoms with Gasteiger partial charge in [-0.25, -0.2) is 21.6 Å². The molecule has 4 rings (SSSR count). The second-order valence-electron chi connectivity index (χ2n) is 10.9. The fraction of sp³-hybridized carbons (Fsp3) is 0.750. The molecule has 1 saturated carbocycles. The van der Waals surface area contributed by atoms with Crippen LogP contribution in [0.2, 0.25) is 0 Å². The minimum absolute atomic E-state index is 0.0704. The summed E-state index contributed by atoms with van der Waals surface area (Å²) in [5, 5.41) is 0. The number of nitrogens with zero attached hydrogens (tertiary/aromatic N) is 3. The van der Waals surface area contributed by atoms with Crippen molar-refractivity contribution in [3.05, 3.63) is 17.0 Å². The maximum atomic E-state index is 13.7. The number of hydrogen-bond donors (Lipinski definition) is 1. The number of sulfonamides is 2. The number of piperazine rings is 1. The Morgan fingerprint density at radius 3 is 2.27 bits per heavy atom. The van der Waals surface area contributed by atoms with E-state index in [1.54, 1.807) is 11.0 Å². The quantitative estimate of drug-likeness (QED) is 0.441. The number of alkyl halides is 3. The number of ether oxygens (including phenoxy) is 1. The maximum absolute atomic E-state index is 13.7. The Morgan fingerprint density at radius 1 is 1.00 bits per heavy atom. The van der Waals surface area contributed by atoms with Crippen LogP contribution in [0.5, 0.6) is 0 Å². The zero-order valence-electron chi connectivity index (χ0n) is 22.6. The SMILES string of the molecule is CS(=O)(=O)N1CCN(C(=O)[C@H]2C[C@@H](C3CCCC(OC(=O)C(F)(F)F)C3)CN(S(=O)(=O)c3ccc(CN)s3)C2)CC1. The third kappa shape index (κ3) is 7.60. The van der Waals surface area contributed by atoms with E-state index in [0.717, 1.165) is 17.6 Å². The van der Waals surface area contributed by atoms with Gasteiger partial charge in [0, 0.05) is 50.7 Å². The molecule has 3 fully saturated rings. The Hall–Kier alpha value is -1.79. The molecule has 0 bridgehead atoms. The molecular weight excluding hydrogens is 609 g/mol. The van der Waals surface area contributed by atoms with Crippen molar-refractivity contribution in [2.45, 2.75) is 55.1 Å². The molecule has 11 nitrogen and oxygen atoms in total. The lowest BCUT2D eigenvalue weighted by Gasteiger charge is -2.43. The molecule has 41 heavy (non-hydrogen) atoms. The summed E-state index contributed by atoms with van der Waals surface area (Å²) < 4.78 is 96.9. The van der Waals surface area contributed by atoms with Gasteiger partial charge in [0.15, 0.2) is 0 Å². The average Bonchev–Trinajstić information content (AvgIpc) is 3.42. The van der Waals surface area contributed by atoms with Gasteiger partial charge in [-0.3, -0.25) is 4.79 Å². The van der Waals surface area contributed by atoms with Crippen LogP contribution in [0.25, 0.3) is 0 Å². The first kappa shape index (κ1) is 32.1. The van der Waals surface area contributed by atoms with Crippen LogP contribution in [0.1, 0.15) is 37.0 Å². The van der Waals surface area contributed by atoms with Crippen LogP contribution in [0.3, 0.4) is 0 Å². The Labute approximate surface area is 241 Å². The summed E-state index contributed by atoms with van der Waals surface area (Å²) in [6, 6.07) is 3.10. The Morgan fingerprint density at radius 2 is 1.68 bits per heavy atom. The van der Waals surface area contributed by atoms with E-state index in [1.807, 2.05) is 0 Å². The third-order valence-electron chi connectivity index (χ3n) is 8.09. The van der Waals surface area contributed by atoms with Crippen LogP contribution in [-0.2, 0) is 40.9 Å². The van der Waals surface area contributed by atoms with Crippen LogP contribution in [-0.4, -0.2) is 100 Å². The number of amides is 1. The first-order valence-corrected chi connectivity index (χ1v) is 17.5. The van der Waals surface area contributed by atoms with Crippen LogP contribution in [0.15, 0.2) is 16.3 Å². The highest BCUT2D eigenvalue weighted by molar-refractivity contribution is 7.91. The van der Waals surface area contributed by atoms with E-state index in [1.165, 1.54) is 14.7 Å². The lowest BCUT2D eigenvalue weighted by atomic mass is 9.73. The molecule has 0 aromatic carbocycles. The van der Waals surface area contributed by atoms with Gasteiger partial charge < -0.3 is 15.4 Å². The van der Waals surface area contributed by atoms with Crippen molar-refractivity contribution in [3.63, 3.8) is 0 Å². The number of halogens is 3. The summed E-state index contributed by atoms with van der Waals surface area (Å²) in [7, 11) is -7.41. The largest absolute Gasteiger partial charge is 0.490 e. The van der Waals surface area contributed by atoms with Crippen molar-refractivity contribution in [2.75, 3.05) is 45.5 Å². The molecule has 3 heterocycles. The predicted octanol–water partition coefficient (Wildman–Crippen LogP) is 1.60. The lowest BCUT2D eigenvalue weighted by molar-refractivity contribution is -0.207. The average molecular weight is 645 g/mol. The predicted molar refractivity (Wildman–Crippen MR) is 143 cm³/mol. The first-order valence-electron chi connectivity index (χ1n) is 13.4. The third-order valence-corrected chi connectivity index (χ3v) is 12.8. The Bertz CT molecular complexity index is 1330. The number of carbonyl (C=O) groups excluding carboxylic acids is 2. The topological polar surface area (TPSA) is 147 Å². The van der Waals surface area contributed by atoms with Gasteiger partial charge in [-0.15, -0.1) is 11.3 Å². The second kappa shape index (κ2) is 12.4. The summed E-state index contributed by atoms with van der Waals surface area (Å²) in [6.07, 6.45) is -3.11. The minimum atomic E-state index is -5.11. The summed E-state index contributed by atoms with van der Waals surface area (Å²) >= 11 is 1.04. The molecule has 2 unspecified atom stereocenters. The van der Waals surface area contributed by atoms with E-state index in [-0.39, 0.29) is 80.6 Å². The van der Waals surface area contributed by atoms with E-state index in [9.17, 15) is 39.6 Å². The molecule has 3 aliphatic rings. The van der Waals surface area contributed by atoms with Gasteiger partial charge in [0.2, 0.25) is 15.9 Å². The van der Waals surface area contributed by atoms with Crippen molar-refractivity contribution in [3.8, 4) is 0 Å². The monoisotopic (exact) mass is 644 g/mol. The van der Waals surface area contributed by atoms with Crippen LogP contribution < -0.4 is 5.73 Å². The highest BCUT2D eigenvalue weighted by Crippen LogP contribution is 2.40. The number of carbonyl (C=O) groups is 2. The molecule has 2 saturated heterocycles. The maximum Gasteiger partial charge on any atom is 0.490 e. The fourth-order valence-electron chi connectivity index (χ4n) is 5.98. The second-order valence-corrected chi connectivity index (χ2v) is 16.2. The molecule has 1 aliphatic carbocycles. The number of hydrogen-bond acceptors (Lipinski definition) is 9. The number of rotatable bonds is 7. The van der Waals surface area contributed by atoms with Crippen molar-refractivity contribution < 1.29 is 44.3 Å². The molecule has 17 heteroatoms. The summed E-state index contributed by atoms with van der Waals surface area (Å²) in [5.74, 6) is -3.86. The molecule has 0 spiro atoms. The van der Waals surface area contributed by atoms with E-state index in [0.29, 0.717) is 24.1 Å². The van der Waals surface area contributed by atoms with Crippen LogP contribution >= 0.6 is 11.3 Å². The van der Waals surface area contributed by atoms with Crippen LogP contribution in [0.4, 0.5) is 13.2 Å². The van der Waals surface area contributed by atoms with Gasteiger partial charge in [0.05, 0.1) is 12.2 Å². The highest BCUT2D eigenvalue weighted by Gasteiger charge is 2.46. The van der Waals surface area contributed by atoms with Gasteiger partial charge in [-0.2, -0.15) is 21.8 Å². The molecule has 232 valence electrons. The highest BCUT2D eigenvalue weighted by atomic mass is 32.2. The fourth-order valence-corrected chi connectivity index (χ4v) is 9.74.